The van der Waals surface area contributed by atoms with Gasteiger partial charge in [0.05, 0.1) is 5.57 Å². The number of carbonyl (C=O) groups is 1. The summed E-state index contributed by atoms with van der Waals surface area (Å²) in [4.78, 5) is 11.8. The summed E-state index contributed by atoms with van der Waals surface area (Å²) in [6.45, 7) is 2.52. The molecule has 25 heavy (non-hydrogen) atoms. The quantitative estimate of drug-likeness (QED) is 0.648. The Hall–Kier alpha value is -3.06. The summed E-state index contributed by atoms with van der Waals surface area (Å²) in [6, 6.07) is 11.5. The number of nitrogens with one attached hydrogen (secondary N) is 2. The van der Waals surface area contributed by atoms with Crippen molar-refractivity contribution in [3.63, 3.8) is 0 Å². The zero-order valence-electron chi connectivity index (χ0n) is 13.5. The standard InChI is InChI=1S/C18H16F2N4O/c1-2-24-22-18(21-23-24)16(11-25)17(12-3-7-14(19)8-4-12)13-5-9-15(20)10-6-13/h3-11,23H,2H2,1H3,(H,21,22). The van der Waals surface area contributed by atoms with Crippen LogP contribution < -0.4 is 11.0 Å². The van der Waals surface area contributed by atoms with Crippen LogP contribution in [0.5, 0.6) is 0 Å². The number of benzene rings is 2. The Morgan fingerprint density at radius 3 is 1.96 bits per heavy atom. The van der Waals surface area contributed by atoms with Gasteiger partial charge in [0.25, 0.3) is 0 Å². The van der Waals surface area contributed by atoms with E-state index in [1.165, 1.54) is 24.3 Å². The fourth-order valence-corrected chi connectivity index (χ4v) is 2.50. The van der Waals surface area contributed by atoms with Gasteiger partial charge < -0.3 is 0 Å². The normalized spacial score (nSPS) is 13.6. The highest BCUT2D eigenvalue weighted by molar-refractivity contribution is 6.21. The van der Waals surface area contributed by atoms with Crippen LogP contribution in [0.3, 0.4) is 0 Å². The Morgan fingerprint density at radius 2 is 1.56 bits per heavy atom. The number of aldehydes is 1. The van der Waals surface area contributed by atoms with Crippen molar-refractivity contribution in [2.45, 2.75) is 6.92 Å². The minimum absolute atomic E-state index is 0.279. The summed E-state index contributed by atoms with van der Waals surface area (Å²) in [7, 11) is 0. The minimum Gasteiger partial charge on any atom is -0.298 e. The van der Waals surface area contributed by atoms with E-state index in [1.807, 2.05) is 6.92 Å². The molecule has 1 aliphatic rings. The average molecular weight is 342 g/mol. The van der Waals surface area contributed by atoms with Crippen molar-refractivity contribution in [3.8, 4) is 0 Å². The summed E-state index contributed by atoms with van der Waals surface area (Å²) in [6.07, 6.45) is 0.675. The monoisotopic (exact) mass is 342 g/mol. The molecule has 0 unspecified atom stereocenters. The highest BCUT2D eigenvalue weighted by Gasteiger charge is 2.22. The molecule has 1 heterocycles. The third-order valence-electron chi connectivity index (χ3n) is 3.75. The van der Waals surface area contributed by atoms with Crippen molar-refractivity contribution in [1.29, 1.82) is 0 Å². The number of hydrazone groups is 1. The van der Waals surface area contributed by atoms with Crippen LogP contribution >= 0.6 is 0 Å². The number of rotatable bonds is 5. The Balaban J connectivity index is 2.16. The first-order valence-electron chi connectivity index (χ1n) is 7.71. The fraction of sp³-hybridized carbons (Fsp3) is 0.111. The maximum absolute atomic E-state index is 13.3. The number of amidine groups is 1. The lowest BCUT2D eigenvalue weighted by Crippen LogP contribution is -2.41. The molecule has 0 bridgehead atoms. The third kappa shape index (κ3) is 3.56. The minimum atomic E-state index is -0.384. The second kappa shape index (κ2) is 7.23. The Labute approximate surface area is 143 Å². The third-order valence-corrected chi connectivity index (χ3v) is 3.75. The maximum Gasteiger partial charge on any atom is 0.174 e. The van der Waals surface area contributed by atoms with Crippen LogP contribution in [0, 0.1) is 11.6 Å². The predicted molar refractivity (Wildman–Crippen MR) is 91.0 cm³/mol. The molecule has 0 fully saturated rings. The number of halogens is 2. The first kappa shape index (κ1) is 16.8. The molecule has 0 amide bonds. The molecule has 1 aliphatic heterocycles. The SMILES string of the molecule is CCN1NN=C(C(C=O)=C(c2ccc(F)cc2)c2ccc(F)cc2)N1. The molecule has 0 saturated heterocycles. The molecule has 0 atom stereocenters. The van der Waals surface area contributed by atoms with Crippen LogP contribution in [0.25, 0.3) is 5.57 Å². The van der Waals surface area contributed by atoms with E-state index in [0.717, 1.165) is 0 Å². The molecular formula is C18H16F2N4O. The van der Waals surface area contributed by atoms with Crippen molar-refractivity contribution in [3.05, 3.63) is 76.9 Å². The van der Waals surface area contributed by atoms with E-state index in [4.69, 9.17) is 0 Å². The van der Waals surface area contributed by atoms with Gasteiger partial charge in [0, 0.05) is 12.1 Å². The number of hydrazine groups is 2. The molecule has 128 valence electrons. The smallest absolute Gasteiger partial charge is 0.174 e. The lowest BCUT2D eigenvalue weighted by molar-refractivity contribution is -0.104. The van der Waals surface area contributed by atoms with E-state index in [0.29, 0.717) is 35.4 Å². The fourth-order valence-electron chi connectivity index (χ4n) is 2.50. The van der Waals surface area contributed by atoms with Gasteiger partial charge in [-0.1, -0.05) is 24.3 Å². The molecule has 2 N–H and O–H groups in total. The lowest BCUT2D eigenvalue weighted by atomic mass is 9.93. The van der Waals surface area contributed by atoms with E-state index < -0.39 is 0 Å². The Bertz CT molecular complexity index is 782. The van der Waals surface area contributed by atoms with Crippen LogP contribution in [0.4, 0.5) is 8.78 Å². The zero-order chi connectivity index (χ0) is 17.8. The number of carbonyl (C=O) groups excluding carboxylic acids is 1. The summed E-state index contributed by atoms with van der Waals surface area (Å²) in [5, 5.41) is 5.71. The number of nitrogens with zero attached hydrogens (tertiary/aromatic N) is 2. The Morgan fingerprint density at radius 1 is 1.04 bits per heavy atom. The van der Waals surface area contributed by atoms with E-state index in [9.17, 15) is 13.6 Å². The molecule has 0 radical (unpaired) electrons. The van der Waals surface area contributed by atoms with Crippen LogP contribution in [0.1, 0.15) is 18.1 Å². The molecule has 3 rings (SSSR count). The van der Waals surface area contributed by atoms with Crippen molar-refractivity contribution >= 4 is 17.7 Å². The van der Waals surface area contributed by atoms with Gasteiger partial charge in [-0.05, 0) is 42.3 Å². The van der Waals surface area contributed by atoms with E-state index in [2.05, 4.69) is 16.1 Å². The Kier molecular flexibility index (Phi) is 4.85. The highest BCUT2D eigenvalue weighted by atomic mass is 19.1. The van der Waals surface area contributed by atoms with Crippen molar-refractivity contribution in [1.82, 2.24) is 16.1 Å². The van der Waals surface area contributed by atoms with E-state index in [1.54, 1.807) is 29.4 Å². The first-order chi connectivity index (χ1) is 12.1. The van der Waals surface area contributed by atoms with Crippen LogP contribution in [-0.2, 0) is 4.79 Å². The topological polar surface area (TPSA) is 56.7 Å². The zero-order valence-corrected chi connectivity index (χ0v) is 13.5. The van der Waals surface area contributed by atoms with Gasteiger partial charge >= 0.3 is 0 Å². The molecular weight excluding hydrogens is 326 g/mol. The lowest BCUT2D eigenvalue weighted by Gasteiger charge is -2.15. The van der Waals surface area contributed by atoms with Gasteiger partial charge in [-0.15, -0.1) is 10.2 Å². The number of hydrogen-bond donors (Lipinski definition) is 2. The molecule has 5 nitrogen and oxygen atoms in total. The largest absolute Gasteiger partial charge is 0.298 e. The predicted octanol–water partition coefficient (Wildman–Crippen LogP) is 2.62. The van der Waals surface area contributed by atoms with Crippen molar-refractivity contribution < 1.29 is 13.6 Å². The van der Waals surface area contributed by atoms with Gasteiger partial charge in [-0.3, -0.25) is 10.2 Å². The molecule has 0 spiro atoms. The van der Waals surface area contributed by atoms with Gasteiger partial charge in [-0.2, -0.15) is 0 Å². The van der Waals surface area contributed by atoms with Gasteiger partial charge in [0.1, 0.15) is 11.6 Å². The number of hydrogen-bond acceptors (Lipinski definition) is 5. The van der Waals surface area contributed by atoms with Crippen LogP contribution in [0.2, 0.25) is 0 Å². The second-order valence-corrected chi connectivity index (χ2v) is 5.34. The van der Waals surface area contributed by atoms with E-state index in [-0.39, 0.29) is 17.2 Å². The summed E-state index contributed by atoms with van der Waals surface area (Å²) < 4.78 is 26.6. The van der Waals surface area contributed by atoms with Gasteiger partial charge in [0.2, 0.25) is 0 Å². The summed E-state index contributed by atoms with van der Waals surface area (Å²) in [5.41, 5.74) is 7.76. The molecule has 7 heteroatoms. The average Bonchev–Trinajstić information content (AvgIpc) is 3.10. The molecule has 2 aromatic carbocycles. The van der Waals surface area contributed by atoms with Gasteiger partial charge in [-0.25, -0.2) is 14.3 Å². The summed E-state index contributed by atoms with van der Waals surface area (Å²) in [5.74, 6) is -0.435. The van der Waals surface area contributed by atoms with Crippen LogP contribution in [0.15, 0.2) is 59.2 Å². The first-order valence-corrected chi connectivity index (χ1v) is 7.71. The van der Waals surface area contributed by atoms with Crippen LogP contribution in [-0.4, -0.2) is 23.8 Å². The molecule has 2 aromatic rings. The van der Waals surface area contributed by atoms with E-state index >= 15 is 0 Å². The molecule has 0 saturated carbocycles. The van der Waals surface area contributed by atoms with Crippen molar-refractivity contribution in [2.75, 3.05) is 6.54 Å². The summed E-state index contributed by atoms with van der Waals surface area (Å²) >= 11 is 0. The second-order valence-electron chi connectivity index (χ2n) is 5.34. The highest BCUT2D eigenvalue weighted by Crippen LogP contribution is 2.27. The molecule has 0 aliphatic carbocycles. The van der Waals surface area contributed by atoms with Gasteiger partial charge in [0.15, 0.2) is 12.1 Å². The van der Waals surface area contributed by atoms with Crippen molar-refractivity contribution in [2.24, 2.45) is 5.10 Å². The maximum atomic E-state index is 13.3. The molecule has 0 aromatic heterocycles.